The first kappa shape index (κ1) is 53.7. The van der Waals surface area contributed by atoms with E-state index in [1.807, 2.05) is 11.3 Å². The van der Waals surface area contributed by atoms with Gasteiger partial charge in [-0.05, 0) is 197 Å². The molecule has 84 heavy (non-hydrogen) atoms. The monoisotopic (exact) mass is 1110 g/mol. The van der Waals surface area contributed by atoms with Gasteiger partial charge in [0.2, 0.25) is 0 Å². The van der Waals surface area contributed by atoms with Crippen LogP contribution in [0.3, 0.4) is 0 Å². The van der Waals surface area contributed by atoms with E-state index in [2.05, 4.69) is 310 Å². The van der Waals surface area contributed by atoms with Gasteiger partial charge in [-0.3, -0.25) is 0 Å². The molecule has 4 nitrogen and oxygen atoms in total. The number of hydrogen-bond donors (Lipinski definition) is 0. The first-order chi connectivity index (χ1) is 40.1. The minimum Gasteiger partial charge on any atom is -0.360 e. The number of rotatable bonds is 6. The van der Waals surface area contributed by atoms with Gasteiger partial charge in [-0.2, -0.15) is 0 Å². The number of hydrogen-bond acceptors (Lipinski definition) is 5. The Morgan fingerprint density at radius 1 is 0.357 bits per heavy atom. The lowest BCUT2D eigenvalue weighted by Gasteiger charge is -2.45. The molecule has 0 saturated carbocycles. The van der Waals surface area contributed by atoms with Crippen molar-refractivity contribution in [3.05, 3.63) is 239 Å². The third kappa shape index (κ3) is 8.54. The van der Waals surface area contributed by atoms with Crippen LogP contribution in [0, 0.1) is 34.6 Å². The summed E-state index contributed by atoms with van der Waals surface area (Å²) in [4.78, 5) is 10.5. The summed E-state index contributed by atoms with van der Waals surface area (Å²) < 4.78 is 2.66. The highest BCUT2D eigenvalue weighted by atomic mass is 32.1. The number of benzene rings is 10. The highest BCUT2D eigenvalue weighted by Crippen LogP contribution is 2.53. The fraction of sp³-hybridized carbons (Fsp3) is 0.221. The normalized spacial score (nSPS) is 13.9. The third-order valence-electron chi connectivity index (χ3n) is 18.4. The minimum atomic E-state index is -0.198. The van der Waals surface area contributed by atoms with Crippen molar-refractivity contribution in [2.75, 3.05) is 19.4 Å². The second kappa shape index (κ2) is 19.4. The van der Waals surface area contributed by atoms with E-state index in [9.17, 15) is 0 Å². The lowest BCUT2D eigenvalue weighted by Crippen LogP contribution is -2.61. The van der Waals surface area contributed by atoms with Crippen molar-refractivity contribution in [2.24, 2.45) is 0 Å². The summed E-state index contributed by atoms with van der Waals surface area (Å²) in [5.74, 6) is 0. The molecule has 0 aliphatic carbocycles. The smallest absolute Gasteiger partial charge is 0.360 e. The standard InChI is InChI=1S/C77H74B2N4S/c1-47-38-68-73-69(39-47)81(58-42-48(2)71(49(3)43-58)61-30-23-29-60-59-28-21-22-31-70(59)84-74(60)61)65-46-67-66(45-63(65)78(73)62-37-34-53(76(9,10)11)44-64(62)80(68)55-35-32-52(33-36-55)75(6,7)8)82(56-24-17-15-18-25-56)79(83(67)57-26-19-16-20-27-57)72-50(4)40-54(41-51(72)5)77(12,13)14/h15-46H,1-14H3. The maximum atomic E-state index is 2.65. The van der Waals surface area contributed by atoms with Gasteiger partial charge in [-0.1, -0.05) is 183 Å². The van der Waals surface area contributed by atoms with E-state index >= 15 is 0 Å². The Balaban J connectivity index is 1.08. The maximum Gasteiger partial charge on any atom is 0.421 e. The molecule has 4 heterocycles. The van der Waals surface area contributed by atoms with Crippen LogP contribution in [0.2, 0.25) is 0 Å². The van der Waals surface area contributed by atoms with Gasteiger partial charge in [0.05, 0.1) is 11.4 Å². The van der Waals surface area contributed by atoms with Gasteiger partial charge in [0.15, 0.2) is 0 Å². The highest BCUT2D eigenvalue weighted by molar-refractivity contribution is 7.26. The number of nitrogens with zero attached hydrogens (tertiary/aromatic N) is 4. The van der Waals surface area contributed by atoms with Crippen LogP contribution in [0.15, 0.2) is 194 Å². The molecule has 11 aromatic rings. The molecule has 0 spiro atoms. The molecule has 7 heteroatoms. The summed E-state index contributed by atoms with van der Waals surface area (Å²) in [6, 6.07) is 74.9. The van der Waals surface area contributed by atoms with Crippen LogP contribution in [0.4, 0.5) is 56.9 Å². The molecule has 0 saturated heterocycles. The van der Waals surface area contributed by atoms with Gasteiger partial charge in [-0.25, -0.2) is 0 Å². The van der Waals surface area contributed by atoms with Gasteiger partial charge in [0.25, 0.3) is 6.71 Å². The van der Waals surface area contributed by atoms with E-state index in [0.717, 1.165) is 17.1 Å². The molecule has 1 aromatic heterocycles. The Morgan fingerprint density at radius 2 is 0.881 bits per heavy atom. The summed E-state index contributed by atoms with van der Waals surface area (Å²) >= 11 is 1.91. The van der Waals surface area contributed by atoms with Crippen molar-refractivity contribution in [3.63, 3.8) is 0 Å². The average molecular weight is 1110 g/mol. The zero-order chi connectivity index (χ0) is 58.5. The number of aryl methyl sites for hydroxylation is 5. The Hall–Kier alpha value is -8.25. The summed E-state index contributed by atoms with van der Waals surface area (Å²) in [6.07, 6.45) is 0. The molecular weight excluding hydrogens is 1030 g/mol. The highest BCUT2D eigenvalue weighted by Gasteiger charge is 2.50. The fourth-order valence-corrected chi connectivity index (χ4v) is 15.5. The Bertz CT molecular complexity index is 4420. The predicted molar refractivity (Wildman–Crippen MR) is 368 cm³/mol. The molecular formula is C77H74B2N4S. The van der Waals surface area contributed by atoms with Crippen LogP contribution in [0.25, 0.3) is 31.3 Å². The van der Waals surface area contributed by atoms with Gasteiger partial charge >= 0.3 is 6.98 Å². The Labute approximate surface area is 503 Å². The van der Waals surface area contributed by atoms with Gasteiger partial charge in [0, 0.05) is 71.2 Å². The van der Waals surface area contributed by atoms with Crippen LogP contribution < -0.4 is 41.3 Å². The molecule has 0 atom stereocenters. The SMILES string of the molecule is Cc1cc2c3c(c1)N(c1cc(C)c(-c4cccc5c4sc4ccccc45)c(C)c1)c1cc4c(cc1B3c1ccc(C(C)(C)C)cc1N2c1ccc(C(C)(C)C)cc1)N(c1ccccc1)B(c1c(C)cc(C(C)(C)C)cc1C)N4c1ccccc1. The summed E-state index contributed by atoms with van der Waals surface area (Å²) in [5.41, 5.74) is 30.0. The number of fused-ring (bicyclic) bond motifs is 8. The number of anilines is 10. The lowest BCUT2D eigenvalue weighted by molar-refractivity contribution is 0.589. The van der Waals surface area contributed by atoms with Crippen LogP contribution in [-0.2, 0) is 16.2 Å². The van der Waals surface area contributed by atoms with Crippen LogP contribution >= 0.6 is 11.3 Å². The van der Waals surface area contributed by atoms with E-state index < -0.39 is 0 Å². The van der Waals surface area contributed by atoms with E-state index in [-0.39, 0.29) is 29.9 Å². The first-order valence-corrected chi connectivity index (χ1v) is 31.0. The maximum absolute atomic E-state index is 2.65. The third-order valence-corrected chi connectivity index (χ3v) is 19.6. The Kier molecular flexibility index (Phi) is 12.4. The molecule has 0 amide bonds. The molecule has 0 unspecified atom stereocenters. The van der Waals surface area contributed by atoms with Crippen molar-refractivity contribution in [1.82, 2.24) is 0 Å². The molecule has 3 aliphatic heterocycles. The van der Waals surface area contributed by atoms with Gasteiger partial charge < -0.3 is 19.4 Å². The quantitative estimate of drug-likeness (QED) is 0.154. The van der Waals surface area contributed by atoms with Crippen LogP contribution in [-0.4, -0.2) is 13.7 Å². The topological polar surface area (TPSA) is 13.0 Å². The second-order valence-electron chi connectivity index (χ2n) is 27.3. The van der Waals surface area contributed by atoms with Crippen LogP contribution in [0.1, 0.15) is 107 Å². The van der Waals surface area contributed by atoms with E-state index in [4.69, 9.17) is 0 Å². The van der Waals surface area contributed by atoms with Gasteiger partial charge in [-0.15, -0.1) is 11.3 Å². The van der Waals surface area contributed by atoms with Crippen molar-refractivity contribution in [3.8, 4) is 11.1 Å². The first-order valence-electron chi connectivity index (χ1n) is 30.1. The molecule has 14 rings (SSSR count). The molecule has 0 N–H and O–H groups in total. The zero-order valence-corrected chi connectivity index (χ0v) is 52.1. The average Bonchev–Trinajstić information content (AvgIpc) is 1.13. The summed E-state index contributed by atoms with van der Waals surface area (Å²) in [5, 5.41) is 2.64. The van der Waals surface area contributed by atoms with Crippen molar-refractivity contribution in [2.45, 2.75) is 113 Å². The molecule has 0 radical (unpaired) electrons. The number of para-hydroxylation sites is 2. The molecule has 0 fully saturated rings. The molecule has 414 valence electrons. The van der Waals surface area contributed by atoms with E-state index in [1.165, 1.54) is 137 Å². The van der Waals surface area contributed by atoms with Crippen molar-refractivity contribution < 1.29 is 0 Å². The largest absolute Gasteiger partial charge is 0.421 e. The number of thiophene rings is 1. The molecule has 3 aliphatic rings. The summed E-state index contributed by atoms with van der Waals surface area (Å²) in [6.45, 7) is 32.3. The van der Waals surface area contributed by atoms with E-state index in [1.54, 1.807) is 0 Å². The fourth-order valence-electron chi connectivity index (χ4n) is 14.3. The van der Waals surface area contributed by atoms with Gasteiger partial charge in [0.1, 0.15) is 0 Å². The molecule has 10 aromatic carbocycles. The Morgan fingerprint density at radius 3 is 1.48 bits per heavy atom. The lowest BCUT2D eigenvalue weighted by atomic mass is 9.33. The predicted octanol–water partition coefficient (Wildman–Crippen LogP) is 18.9. The van der Waals surface area contributed by atoms with Crippen molar-refractivity contribution in [1.29, 1.82) is 0 Å². The molecule has 0 bridgehead atoms. The van der Waals surface area contributed by atoms with E-state index in [0.29, 0.717) is 0 Å². The van der Waals surface area contributed by atoms with Crippen LogP contribution in [0.5, 0.6) is 0 Å². The summed E-state index contributed by atoms with van der Waals surface area (Å²) in [7, 11) is 0. The minimum absolute atomic E-state index is 0.00407. The van der Waals surface area contributed by atoms with Crippen molar-refractivity contribution >= 4 is 124 Å². The zero-order valence-electron chi connectivity index (χ0n) is 51.3. The second-order valence-corrected chi connectivity index (χ2v) is 28.4.